The van der Waals surface area contributed by atoms with Crippen LogP contribution in [0.3, 0.4) is 0 Å². The number of hydrogen-bond donors (Lipinski definition) is 3. The summed E-state index contributed by atoms with van der Waals surface area (Å²) < 4.78 is 54.0. The van der Waals surface area contributed by atoms with E-state index < -0.39 is 27.7 Å². The molecule has 0 radical (unpaired) electrons. The monoisotopic (exact) mass is 564 g/mol. The molecule has 0 bridgehead atoms. The van der Waals surface area contributed by atoms with Crippen molar-refractivity contribution >= 4 is 62.9 Å². The second-order valence-corrected chi connectivity index (χ2v) is 9.20. The average Bonchev–Trinajstić information content (AvgIpc) is 3.04. The minimum Gasteiger partial charge on any atom is -0.355 e. The van der Waals surface area contributed by atoms with Crippen LogP contribution in [0.25, 0.3) is 0 Å². The zero-order valence-corrected chi connectivity index (χ0v) is 19.7. The molecular weight excluding hydrogens is 545 g/mol. The van der Waals surface area contributed by atoms with Gasteiger partial charge in [-0.25, -0.2) is 21.9 Å². The standard InChI is InChI=1S/C16H19ClF2N4O2S2.HI/c1-10(12-4-3-11(18)9-13(12)19)23-16(20-2)21-7-8-22-27(24,25)15-6-5-14(17)26-15;/h3-6,9-10,22H,7-8H2,1-2H3,(H2,20,21,23);1H. The molecule has 1 aromatic heterocycles. The van der Waals surface area contributed by atoms with E-state index in [1.165, 1.54) is 31.3 Å². The van der Waals surface area contributed by atoms with E-state index in [4.69, 9.17) is 11.6 Å². The van der Waals surface area contributed by atoms with E-state index >= 15 is 0 Å². The van der Waals surface area contributed by atoms with E-state index in [-0.39, 0.29) is 46.8 Å². The van der Waals surface area contributed by atoms with E-state index in [1.54, 1.807) is 6.92 Å². The highest BCUT2D eigenvalue weighted by Crippen LogP contribution is 2.25. The predicted molar refractivity (Wildman–Crippen MR) is 119 cm³/mol. The third-order valence-electron chi connectivity index (χ3n) is 3.53. The second-order valence-electron chi connectivity index (χ2n) is 5.49. The van der Waals surface area contributed by atoms with Gasteiger partial charge in [0.1, 0.15) is 15.8 Å². The quantitative estimate of drug-likeness (QED) is 0.208. The van der Waals surface area contributed by atoms with E-state index in [2.05, 4.69) is 20.3 Å². The molecule has 0 saturated carbocycles. The van der Waals surface area contributed by atoms with Crippen LogP contribution in [0.2, 0.25) is 4.34 Å². The third-order valence-corrected chi connectivity index (χ3v) is 6.71. The van der Waals surface area contributed by atoms with Gasteiger partial charge in [-0.3, -0.25) is 4.99 Å². The topological polar surface area (TPSA) is 82.6 Å². The summed E-state index contributed by atoms with van der Waals surface area (Å²) in [6.07, 6.45) is 0. The van der Waals surface area contributed by atoms with E-state index in [1.807, 2.05) is 0 Å². The fourth-order valence-corrected chi connectivity index (χ4v) is 4.77. The minimum absolute atomic E-state index is 0. The smallest absolute Gasteiger partial charge is 0.250 e. The molecule has 0 aliphatic rings. The summed E-state index contributed by atoms with van der Waals surface area (Å²) in [7, 11) is -2.09. The van der Waals surface area contributed by atoms with Gasteiger partial charge in [-0.1, -0.05) is 17.7 Å². The van der Waals surface area contributed by atoms with Crippen LogP contribution in [-0.4, -0.2) is 34.5 Å². The number of nitrogens with zero attached hydrogens (tertiary/aromatic N) is 1. The second kappa shape index (κ2) is 11.2. The molecule has 6 nitrogen and oxygen atoms in total. The lowest BCUT2D eigenvalue weighted by atomic mass is 10.1. The third kappa shape index (κ3) is 7.10. The Labute approximate surface area is 188 Å². The fourth-order valence-electron chi connectivity index (χ4n) is 2.21. The highest BCUT2D eigenvalue weighted by molar-refractivity contribution is 14.0. The number of thiophene rings is 1. The maximum absolute atomic E-state index is 13.8. The SMILES string of the molecule is CN=C(NCCNS(=O)(=O)c1ccc(Cl)s1)NC(C)c1ccc(F)cc1F.I. The normalized spacial score (nSPS) is 13.0. The van der Waals surface area contributed by atoms with Crippen molar-refractivity contribution in [3.05, 3.63) is 51.9 Å². The summed E-state index contributed by atoms with van der Waals surface area (Å²) in [4.78, 5) is 4.00. The highest BCUT2D eigenvalue weighted by Gasteiger charge is 2.16. The van der Waals surface area contributed by atoms with Crippen LogP contribution in [-0.2, 0) is 10.0 Å². The minimum atomic E-state index is -3.62. The van der Waals surface area contributed by atoms with Gasteiger partial charge in [-0.2, -0.15) is 0 Å². The Balaban J connectivity index is 0.00000392. The molecule has 1 unspecified atom stereocenters. The molecule has 1 atom stereocenters. The van der Waals surface area contributed by atoms with Gasteiger partial charge in [-0.15, -0.1) is 35.3 Å². The van der Waals surface area contributed by atoms with Gasteiger partial charge in [0.05, 0.1) is 10.4 Å². The van der Waals surface area contributed by atoms with E-state index in [0.717, 1.165) is 17.4 Å². The van der Waals surface area contributed by atoms with Gasteiger partial charge in [0.15, 0.2) is 5.96 Å². The van der Waals surface area contributed by atoms with Crippen LogP contribution in [0, 0.1) is 11.6 Å². The maximum atomic E-state index is 13.8. The first-order chi connectivity index (χ1) is 12.7. The lowest BCUT2D eigenvalue weighted by molar-refractivity contribution is 0.550. The molecule has 0 amide bonds. The highest BCUT2D eigenvalue weighted by atomic mass is 127. The van der Waals surface area contributed by atoms with Gasteiger partial charge in [-0.05, 0) is 25.1 Å². The zero-order valence-electron chi connectivity index (χ0n) is 15.0. The molecule has 156 valence electrons. The van der Waals surface area contributed by atoms with Gasteiger partial charge in [0.25, 0.3) is 0 Å². The van der Waals surface area contributed by atoms with Crippen molar-refractivity contribution in [1.82, 2.24) is 15.4 Å². The number of aliphatic imine (C=N–C) groups is 1. The Morgan fingerprint density at radius 3 is 2.54 bits per heavy atom. The molecule has 1 heterocycles. The van der Waals surface area contributed by atoms with Crippen LogP contribution in [0.15, 0.2) is 39.5 Å². The Bertz CT molecular complexity index is 925. The first kappa shape index (κ1) is 25.0. The molecule has 3 N–H and O–H groups in total. The van der Waals surface area contributed by atoms with Crippen LogP contribution < -0.4 is 15.4 Å². The number of guanidine groups is 1. The fraction of sp³-hybridized carbons (Fsp3) is 0.312. The number of hydrogen-bond acceptors (Lipinski definition) is 4. The number of nitrogens with one attached hydrogen (secondary N) is 3. The van der Waals surface area contributed by atoms with Crippen LogP contribution >= 0.6 is 46.9 Å². The molecule has 2 rings (SSSR count). The lowest BCUT2D eigenvalue weighted by Gasteiger charge is -2.19. The van der Waals surface area contributed by atoms with Crippen molar-refractivity contribution in [3.8, 4) is 0 Å². The van der Waals surface area contributed by atoms with Gasteiger partial charge in [0, 0.05) is 31.8 Å². The number of halogens is 4. The molecular formula is C16H20ClF2IN4O2S2. The van der Waals surface area contributed by atoms with Crippen molar-refractivity contribution in [1.29, 1.82) is 0 Å². The Hall–Kier alpha value is -1.02. The van der Waals surface area contributed by atoms with Gasteiger partial charge in [0.2, 0.25) is 10.0 Å². The molecule has 12 heteroatoms. The summed E-state index contributed by atoms with van der Waals surface area (Å²) in [5.74, 6) is -0.956. The van der Waals surface area contributed by atoms with Crippen molar-refractivity contribution in [2.75, 3.05) is 20.1 Å². The van der Waals surface area contributed by atoms with Crippen molar-refractivity contribution in [3.63, 3.8) is 0 Å². The molecule has 0 spiro atoms. The summed E-state index contributed by atoms with van der Waals surface area (Å²) >= 11 is 6.72. The summed E-state index contributed by atoms with van der Waals surface area (Å²) in [6, 6.07) is 5.83. The van der Waals surface area contributed by atoms with Gasteiger partial charge < -0.3 is 10.6 Å². The van der Waals surface area contributed by atoms with Gasteiger partial charge >= 0.3 is 0 Å². The number of sulfonamides is 1. The molecule has 2 aromatic rings. The van der Waals surface area contributed by atoms with Crippen molar-refractivity contribution in [2.24, 2.45) is 4.99 Å². The van der Waals surface area contributed by atoms with Crippen molar-refractivity contribution in [2.45, 2.75) is 17.2 Å². The van der Waals surface area contributed by atoms with Crippen molar-refractivity contribution < 1.29 is 17.2 Å². The first-order valence-corrected chi connectivity index (χ1v) is 10.6. The summed E-state index contributed by atoms with van der Waals surface area (Å²) in [5.41, 5.74) is 0.287. The molecule has 0 fully saturated rings. The number of benzene rings is 1. The molecule has 0 aliphatic carbocycles. The molecule has 0 saturated heterocycles. The molecule has 1 aromatic carbocycles. The average molecular weight is 565 g/mol. The van der Waals surface area contributed by atoms with Crippen LogP contribution in [0.4, 0.5) is 8.78 Å². The van der Waals surface area contributed by atoms with Crippen LogP contribution in [0.1, 0.15) is 18.5 Å². The Kier molecular flexibility index (Phi) is 10.0. The Morgan fingerprint density at radius 1 is 1.25 bits per heavy atom. The summed E-state index contributed by atoms with van der Waals surface area (Å²) in [6.45, 7) is 2.06. The number of rotatable bonds is 7. The zero-order chi connectivity index (χ0) is 20.0. The molecule has 28 heavy (non-hydrogen) atoms. The molecule has 0 aliphatic heterocycles. The first-order valence-electron chi connectivity index (χ1n) is 7.90. The predicted octanol–water partition coefficient (Wildman–Crippen LogP) is 3.50. The van der Waals surface area contributed by atoms with Crippen LogP contribution in [0.5, 0.6) is 0 Å². The lowest BCUT2D eigenvalue weighted by Crippen LogP contribution is -2.42. The summed E-state index contributed by atoms with van der Waals surface area (Å²) in [5, 5.41) is 5.88. The van der Waals surface area contributed by atoms with E-state index in [9.17, 15) is 17.2 Å². The van der Waals surface area contributed by atoms with E-state index in [0.29, 0.717) is 10.3 Å². The maximum Gasteiger partial charge on any atom is 0.250 e. The largest absolute Gasteiger partial charge is 0.355 e. The Morgan fingerprint density at radius 2 is 1.96 bits per heavy atom.